The molecule has 0 aromatic carbocycles. The van der Waals surface area contributed by atoms with Crippen LogP contribution in [-0.4, -0.2) is 34.8 Å². The van der Waals surface area contributed by atoms with E-state index in [0.717, 1.165) is 0 Å². The Balaban J connectivity index is 1.97. The number of rotatable bonds is 5. The smallest absolute Gasteiger partial charge is 0.260 e. The average molecular weight is 312 g/mol. The van der Waals surface area contributed by atoms with Gasteiger partial charge in [-0.2, -0.15) is 0 Å². The van der Waals surface area contributed by atoms with Crippen LogP contribution in [0.4, 0.5) is 5.82 Å². The molecule has 0 amide bonds. The van der Waals surface area contributed by atoms with Crippen molar-refractivity contribution >= 4 is 32.1 Å². The summed E-state index contributed by atoms with van der Waals surface area (Å²) < 4.78 is 28.9. The minimum atomic E-state index is -3.69. The van der Waals surface area contributed by atoms with Crippen molar-refractivity contribution in [3.63, 3.8) is 0 Å². The van der Waals surface area contributed by atoms with Crippen molar-refractivity contribution in [2.24, 2.45) is 0 Å². The van der Waals surface area contributed by atoms with Crippen molar-refractivity contribution in [2.75, 3.05) is 12.4 Å². The van der Waals surface area contributed by atoms with Gasteiger partial charge in [0.1, 0.15) is 0 Å². The second-order valence-electron chi connectivity index (χ2n) is 3.97. The molecular weight excluding hydrogens is 300 g/mol. The number of H-pyrrole nitrogens is 1. The Labute approximate surface area is 118 Å². The summed E-state index contributed by atoms with van der Waals surface area (Å²) in [6, 6.07) is 0. The molecule has 3 aromatic rings. The third kappa shape index (κ3) is 2.17. The highest BCUT2D eigenvalue weighted by Gasteiger charge is 2.25. The average Bonchev–Trinajstić information content (AvgIpc) is 3.11. The van der Waals surface area contributed by atoms with Gasteiger partial charge in [-0.15, -0.1) is 11.3 Å². The van der Waals surface area contributed by atoms with Crippen molar-refractivity contribution in [3.05, 3.63) is 29.8 Å². The molecule has 3 aromatic heterocycles. The summed E-state index contributed by atoms with van der Waals surface area (Å²) in [6.45, 7) is 0.142. The maximum atomic E-state index is 12.4. The van der Waals surface area contributed by atoms with Crippen LogP contribution >= 0.6 is 11.3 Å². The first-order valence-electron chi connectivity index (χ1n) is 5.72. The zero-order chi connectivity index (χ0) is 14.2. The Morgan fingerprint density at radius 2 is 2.35 bits per heavy atom. The van der Waals surface area contributed by atoms with Gasteiger partial charge in [0.15, 0.2) is 15.8 Å². The van der Waals surface area contributed by atoms with E-state index in [0.29, 0.717) is 16.5 Å². The van der Waals surface area contributed by atoms with Gasteiger partial charge in [0, 0.05) is 30.5 Å². The van der Waals surface area contributed by atoms with Crippen LogP contribution < -0.4 is 10.0 Å². The van der Waals surface area contributed by atoms with Gasteiger partial charge in [-0.3, -0.25) is 4.40 Å². The lowest BCUT2D eigenvalue weighted by Crippen LogP contribution is -2.25. The number of hydrogen-bond donors (Lipinski definition) is 3. The molecule has 3 heterocycles. The Hall–Kier alpha value is -1.91. The topological polar surface area (TPSA) is 104 Å². The SMILES string of the molecule is CNc1nc2sccn2c1S(=O)(=O)NCc1cnc[nH]1. The van der Waals surface area contributed by atoms with Gasteiger partial charge in [-0.05, 0) is 0 Å². The molecule has 0 unspecified atom stereocenters. The van der Waals surface area contributed by atoms with E-state index in [9.17, 15) is 8.42 Å². The maximum Gasteiger partial charge on any atom is 0.260 e. The van der Waals surface area contributed by atoms with E-state index in [4.69, 9.17) is 0 Å². The number of aromatic nitrogens is 4. The predicted octanol–water partition coefficient (Wildman–Crippen LogP) is 0.639. The molecule has 0 saturated heterocycles. The molecule has 0 bridgehead atoms. The van der Waals surface area contributed by atoms with Gasteiger partial charge < -0.3 is 10.3 Å². The number of fused-ring (bicyclic) bond motifs is 1. The second-order valence-corrected chi connectivity index (χ2v) is 6.53. The van der Waals surface area contributed by atoms with Crippen molar-refractivity contribution in [1.29, 1.82) is 0 Å². The van der Waals surface area contributed by atoms with E-state index < -0.39 is 10.0 Å². The molecule has 8 nitrogen and oxygen atoms in total. The largest absolute Gasteiger partial charge is 0.371 e. The standard InChI is InChI=1S/C10H12N6O2S2/c1-11-8-9(16-2-3-19-10(16)15-8)20(17,18)14-5-7-4-12-6-13-7/h2-4,6,11,14H,5H2,1H3,(H,12,13). The van der Waals surface area contributed by atoms with Crippen LogP contribution in [0.15, 0.2) is 29.1 Å². The fraction of sp³-hybridized carbons (Fsp3) is 0.200. The normalized spacial score (nSPS) is 12.1. The number of thiazole rings is 1. The first-order chi connectivity index (χ1) is 9.62. The molecule has 106 valence electrons. The highest BCUT2D eigenvalue weighted by atomic mass is 32.2. The maximum absolute atomic E-state index is 12.4. The summed E-state index contributed by atoms with van der Waals surface area (Å²) in [5, 5.41) is 4.70. The van der Waals surface area contributed by atoms with Crippen LogP contribution in [0.2, 0.25) is 0 Å². The van der Waals surface area contributed by atoms with Gasteiger partial charge in [0.25, 0.3) is 10.0 Å². The molecule has 0 spiro atoms. The van der Waals surface area contributed by atoms with E-state index in [1.54, 1.807) is 29.2 Å². The Morgan fingerprint density at radius 1 is 1.50 bits per heavy atom. The van der Waals surface area contributed by atoms with E-state index in [-0.39, 0.29) is 11.6 Å². The van der Waals surface area contributed by atoms with Gasteiger partial charge in [0.2, 0.25) is 0 Å². The van der Waals surface area contributed by atoms with Crippen molar-refractivity contribution in [1.82, 2.24) is 24.1 Å². The highest BCUT2D eigenvalue weighted by Crippen LogP contribution is 2.25. The lowest BCUT2D eigenvalue weighted by atomic mass is 10.5. The lowest BCUT2D eigenvalue weighted by molar-refractivity contribution is 0.576. The summed E-state index contributed by atoms with van der Waals surface area (Å²) in [5.41, 5.74) is 0.686. The van der Waals surface area contributed by atoms with Gasteiger partial charge >= 0.3 is 0 Å². The number of sulfonamides is 1. The van der Waals surface area contributed by atoms with Gasteiger partial charge in [0.05, 0.1) is 12.9 Å². The third-order valence-corrected chi connectivity index (χ3v) is 4.90. The van der Waals surface area contributed by atoms with Gasteiger partial charge in [-0.25, -0.2) is 23.1 Å². The Kier molecular flexibility index (Phi) is 3.20. The molecule has 0 fully saturated rings. The molecule has 0 aliphatic carbocycles. The molecule has 0 saturated carbocycles. The molecule has 3 rings (SSSR count). The molecule has 20 heavy (non-hydrogen) atoms. The summed E-state index contributed by atoms with van der Waals surface area (Å²) in [7, 11) is -2.05. The van der Waals surface area contributed by atoms with E-state index in [1.807, 2.05) is 0 Å². The monoisotopic (exact) mass is 312 g/mol. The van der Waals surface area contributed by atoms with E-state index >= 15 is 0 Å². The fourth-order valence-electron chi connectivity index (χ4n) is 1.81. The summed E-state index contributed by atoms with van der Waals surface area (Å²) in [5.74, 6) is 0.328. The number of aromatic amines is 1. The minimum absolute atomic E-state index is 0.107. The van der Waals surface area contributed by atoms with Crippen molar-refractivity contribution in [3.8, 4) is 0 Å². The van der Waals surface area contributed by atoms with Crippen LogP contribution in [0.3, 0.4) is 0 Å². The highest BCUT2D eigenvalue weighted by molar-refractivity contribution is 7.89. The Morgan fingerprint density at radius 3 is 3.05 bits per heavy atom. The quantitative estimate of drug-likeness (QED) is 0.641. The van der Waals surface area contributed by atoms with Crippen molar-refractivity contribution in [2.45, 2.75) is 11.6 Å². The van der Waals surface area contributed by atoms with Crippen LogP contribution in [0.1, 0.15) is 5.69 Å². The fourth-order valence-corrected chi connectivity index (χ4v) is 3.87. The zero-order valence-electron chi connectivity index (χ0n) is 10.5. The van der Waals surface area contributed by atoms with E-state index in [2.05, 4.69) is 25.0 Å². The Bertz CT molecular complexity index is 817. The first kappa shape index (κ1) is 13.1. The number of nitrogens with zero attached hydrogens (tertiary/aromatic N) is 3. The first-order valence-corrected chi connectivity index (χ1v) is 8.08. The molecule has 0 aliphatic rings. The number of nitrogens with one attached hydrogen (secondary N) is 3. The molecule has 0 aliphatic heterocycles. The number of hydrogen-bond acceptors (Lipinski definition) is 6. The summed E-state index contributed by atoms with van der Waals surface area (Å²) >= 11 is 1.37. The van der Waals surface area contributed by atoms with Gasteiger partial charge in [-0.1, -0.05) is 0 Å². The summed E-state index contributed by atoms with van der Waals surface area (Å²) in [4.78, 5) is 11.5. The lowest BCUT2D eigenvalue weighted by Gasteiger charge is -2.06. The third-order valence-electron chi connectivity index (χ3n) is 2.72. The summed E-state index contributed by atoms with van der Waals surface area (Å²) in [6.07, 6.45) is 4.75. The zero-order valence-corrected chi connectivity index (χ0v) is 12.1. The predicted molar refractivity (Wildman–Crippen MR) is 75.2 cm³/mol. The van der Waals surface area contributed by atoms with Crippen LogP contribution in [0, 0.1) is 0 Å². The number of anilines is 1. The molecular formula is C10H12N6O2S2. The van der Waals surface area contributed by atoms with E-state index in [1.165, 1.54) is 17.7 Å². The van der Waals surface area contributed by atoms with Crippen LogP contribution in [-0.2, 0) is 16.6 Å². The minimum Gasteiger partial charge on any atom is -0.371 e. The van der Waals surface area contributed by atoms with Crippen molar-refractivity contribution < 1.29 is 8.42 Å². The van der Waals surface area contributed by atoms with Crippen LogP contribution in [0.25, 0.3) is 4.96 Å². The molecule has 0 atom stereocenters. The molecule has 10 heteroatoms. The molecule has 3 N–H and O–H groups in total. The number of imidazole rings is 2. The molecule has 0 radical (unpaired) electrons. The van der Waals surface area contributed by atoms with Crippen LogP contribution in [0.5, 0.6) is 0 Å². The second kappa shape index (κ2) is 4.89.